The fourth-order valence-electron chi connectivity index (χ4n) is 1.31. The summed E-state index contributed by atoms with van der Waals surface area (Å²) < 4.78 is 0. The quantitative estimate of drug-likeness (QED) is 0.645. The van der Waals surface area contributed by atoms with Gasteiger partial charge in [-0.3, -0.25) is 9.97 Å². The Kier molecular flexibility index (Phi) is 1.39. The first-order chi connectivity index (χ1) is 5.31. The minimum Gasteiger partial charge on any atom is -0.383 e. The molecule has 0 amide bonds. The molecular formula is C8H10N2O. The van der Waals surface area contributed by atoms with Gasteiger partial charge in [-0.1, -0.05) is 0 Å². The Balaban J connectivity index is 2.29. The van der Waals surface area contributed by atoms with Crippen LogP contribution in [-0.4, -0.2) is 15.1 Å². The van der Waals surface area contributed by atoms with Crippen molar-refractivity contribution < 1.29 is 5.11 Å². The maximum Gasteiger partial charge on any atom is 0.108 e. The minimum atomic E-state index is -0.658. The van der Waals surface area contributed by atoms with Crippen molar-refractivity contribution in [1.82, 2.24) is 9.97 Å². The van der Waals surface area contributed by atoms with Crippen LogP contribution >= 0.6 is 0 Å². The SMILES string of the molecule is OC1(c2cnccn2)CCC1. The van der Waals surface area contributed by atoms with Gasteiger partial charge in [0, 0.05) is 12.4 Å². The Morgan fingerprint density at radius 1 is 1.36 bits per heavy atom. The van der Waals surface area contributed by atoms with Crippen molar-refractivity contribution in [2.24, 2.45) is 0 Å². The van der Waals surface area contributed by atoms with E-state index in [2.05, 4.69) is 9.97 Å². The van der Waals surface area contributed by atoms with Crippen molar-refractivity contribution in [2.75, 3.05) is 0 Å². The van der Waals surface area contributed by atoms with Crippen LogP contribution in [0.2, 0.25) is 0 Å². The van der Waals surface area contributed by atoms with Gasteiger partial charge in [-0.05, 0) is 19.3 Å². The highest BCUT2D eigenvalue weighted by atomic mass is 16.3. The van der Waals surface area contributed by atoms with Gasteiger partial charge in [0.2, 0.25) is 0 Å². The molecule has 0 saturated heterocycles. The molecule has 1 aliphatic rings. The molecular weight excluding hydrogens is 140 g/mol. The average molecular weight is 150 g/mol. The predicted molar refractivity (Wildman–Crippen MR) is 39.8 cm³/mol. The molecule has 58 valence electrons. The molecule has 1 saturated carbocycles. The summed E-state index contributed by atoms with van der Waals surface area (Å²) in [5.74, 6) is 0. The summed E-state index contributed by atoms with van der Waals surface area (Å²) in [6.45, 7) is 0. The van der Waals surface area contributed by atoms with Crippen LogP contribution in [0, 0.1) is 0 Å². The Labute approximate surface area is 65.1 Å². The van der Waals surface area contributed by atoms with Gasteiger partial charge in [0.25, 0.3) is 0 Å². The predicted octanol–water partition coefficient (Wildman–Crippen LogP) is 0.848. The van der Waals surface area contributed by atoms with E-state index in [0.29, 0.717) is 5.69 Å². The van der Waals surface area contributed by atoms with E-state index in [-0.39, 0.29) is 0 Å². The van der Waals surface area contributed by atoms with Gasteiger partial charge in [0.05, 0.1) is 11.9 Å². The first-order valence-corrected chi connectivity index (χ1v) is 3.80. The summed E-state index contributed by atoms with van der Waals surface area (Å²) in [5.41, 5.74) is 0.0556. The number of hydrogen-bond donors (Lipinski definition) is 1. The van der Waals surface area contributed by atoms with Crippen LogP contribution in [0.5, 0.6) is 0 Å². The molecule has 1 aliphatic carbocycles. The second kappa shape index (κ2) is 2.27. The molecule has 3 heteroatoms. The molecule has 0 atom stereocenters. The number of nitrogens with zero attached hydrogens (tertiary/aromatic N) is 2. The Hall–Kier alpha value is -0.960. The third-order valence-corrected chi connectivity index (χ3v) is 2.22. The van der Waals surface area contributed by atoms with Crippen molar-refractivity contribution >= 4 is 0 Å². The van der Waals surface area contributed by atoms with Crippen LogP contribution in [0.1, 0.15) is 25.0 Å². The molecule has 3 nitrogen and oxygen atoms in total. The van der Waals surface area contributed by atoms with E-state index in [1.54, 1.807) is 18.6 Å². The molecule has 0 radical (unpaired) electrons. The van der Waals surface area contributed by atoms with Crippen molar-refractivity contribution in [2.45, 2.75) is 24.9 Å². The van der Waals surface area contributed by atoms with Crippen molar-refractivity contribution in [1.29, 1.82) is 0 Å². The normalized spacial score (nSPS) is 20.8. The second-order valence-electron chi connectivity index (χ2n) is 2.98. The Morgan fingerprint density at radius 2 is 2.18 bits per heavy atom. The molecule has 0 aromatic carbocycles. The fourth-order valence-corrected chi connectivity index (χ4v) is 1.31. The van der Waals surface area contributed by atoms with Crippen LogP contribution in [0.3, 0.4) is 0 Å². The van der Waals surface area contributed by atoms with Crippen LogP contribution < -0.4 is 0 Å². The Bertz CT molecular complexity index is 244. The summed E-state index contributed by atoms with van der Waals surface area (Å²) in [6.07, 6.45) is 7.61. The molecule has 0 bridgehead atoms. The first kappa shape index (κ1) is 6.73. The number of rotatable bonds is 1. The lowest BCUT2D eigenvalue weighted by molar-refractivity contribution is -0.0429. The molecule has 0 aliphatic heterocycles. The summed E-state index contributed by atoms with van der Waals surface area (Å²) in [4.78, 5) is 7.97. The zero-order chi connectivity index (χ0) is 7.73. The van der Waals surface area contributed by atoms with Gasteiger partial charge in [0.15, 0.2) is 0 Å². The van der Waals surface area contributed by atoms with Gasteiger partial charge in [-0.15, -0.1) is 0 Å². The zero-order valence-electron chi connectivity index (χ0n) is 6.20. The van der Waals surface area contributed by atoms with Crippen LogP contribution in [0.4, 0.5) is 0 Å². The lowest BCUT2D eigenvalue weighted by Gasteiger charge is -2.35. The smallest absolute Gasteiger partial charge is 0.108 e. The summed E-state index contributed by atoms with van der Waals surface area (Å²) >= 11 is 0. The molecule has 2 rings (SSSR count). The van der Waals surface area contributed by atoms with Gasteiger partial charge in [-0.25, -0.2) is 0 Å². The molecule has 1 aromatic rings. The monoisotopic (exact) mass is 150 g/mol. The van der Waals surface area contributed by atoms with E-state index < -0.39 is 5.60 Å². The molecule has 1 fully saturated rings. The lowest BCUT2D eigenvalue weighted by atomic mass is 9.78. The second-order valence-corrected chi connectivity index (χ2v) is 2.98. The molecule has 0 spiro atoms. The highest BCUT2D eigenvalue weighted by Crippen LogP contribution is 2.39. The summed E-state index contributed by atoms with van der Waals surface area (Å²) in [5, 5.41) is 9.78. The van der Waals surface area contributed by atoms with Gasteiger partial charge in [0.1, 0.15) is 5.60 Å². The van der Waals surface area contributed by atoms with Gasteiger partial charge in [-0.2, -0.15) is 0 Å². The van der Waals surface area contributed by atoms with Crippen LogP contribution in [-0.2, 0) is 5.60 Å². The number of hydrogen-bond acceptors (Lipinski definition) is 3. The van der Waals surface area contributed by atoms with Crippen LogP contribution in [0.25, 0.3) is 0 Å². The third kappa shape index (κ3) is 1.01. The van der Waals surface area contributed by atoms with Gasteiger partial charge < -0.3 is 5.11 Å². The van der Waals surface area contributed by atoms with E-state index in [9.17, 15) is 5.11 Å². The maximum absolute atomic E-state index is 9.78. The van der Waals surface area contributed by atoms with Crippen molar-refractivity contribution in [3.05, 3.63) is 24.3 Å². The summed E-state index contributed by atoms with van der Waals surface area (Å²) in [7, 11) is 0. The van der Waals surface area contributed by atoms with E-state index in [4.69, 9.17) is 0 Å². The zero-order valence-corrected chi connectivity index (χ0v) is 6.20. The number of aliphatic hydroxyl groups is 1. The average Bonchev–Trinajstić information content (AvgIpc) is 2.02. The Morgan fingerprint density at radius 3 is 2.64 bits per heavy atom. The molecule has 0 unspecified atom stereocenters. The third-order valence-electron chi connectivity index (χ3n) is 2.22. The molecule has 1 aromatic heterocycles. The van der Waals surface area contributed by atoms with Gasteiger partial charge >= 0.3 is 0 Å². The maximum atomic E-state index is 9.78. The van der Waals surface area contributed by atoms with E-state index >= 15 is 0 Å². The van der Waals surface area contributed by atoms with Crippen molar-refractivity contribution in [3.63, 3.8) is 0 Å². The largest absolute Gasteiger partial charge is 0.383 e. The highest BCUT2D eigenvalue weighted by molar-refractivity contribution is 5.11. The topological polar surface area (TPSA) is 46.0 Å². The minimum absolute atomic E-state index is 0.658. The first-order valence-electron chi connectivity index (χ1n) is 3.80. The summed E-state index contributed by atoms with van der Waals surface area (Å²) in [6, 6.07) is 0. The van der Waals surface area contributed by atoms with Crippen LogP contribution in [0.15, 0.2) is 18.6 Å². The lowest BCUT2D eigenvalue weighted by Crippen LogP contribution is -2.34. The number of aromatic nitrogens is 2. The molecule has 1 heterocycles. The fraction of sp³-hybridized carbons (Fsp3) is 0.500. The molecule has 1 N–H and O–H groups in total. The van der Waals surface area contributed by atoms with E-state index in [1.165, 1.54) is 0 Å². The highest BCUT2D eigenvalue weighted by Gasteiger charge is 2.37. The van der Waals surface area contributed by atoms with Crippen molar-refractivity contribution in [3.8, 4) is 0 Å². The van der Waals surface area contributed by atoms with E-state index in [0.717, 1.165) is 19.3 Å². The standard InChI is InChI=1S/C8H10N2O/c11-8(2-1-3-8)7-6-9-4-5-10-7/h4-6,11H,1-3H2. The molecule has 11 heavy (non-hydrogen) atoms. The van der Waals surface area contributed by atoms with E-state index in [1.807, 2.05) is 0 Å².